The summed E-state index contributed by atoms with van der Waals surface area (Å²) < 4.78 is 10.3. The molecule has 122 valence electrons. The zero-order valence-electron chi connectivity index (χ0n) is 13.7. The molecule has 1 unspecified atom stereocenters. The second-order valence-corrected chi connectivity index (χ2v) is 6.69. The monoisotopic (exact) mass is 326 g/mol. The summed E-state index contributed by atoms with van der Waals surface area (Å²) in [7, 11) is 3.07. The van der Waals surface area contributed by atoms with Crippen molar-refractivity contribution >= 4 is 23.9 Å². The number of amides is 1. The molecule has 0 bridgehead atoms. The maximum atomic E-state index is 10.9. The number of carbonyl (C=O) groups is 1. The lowest BCUT2D eigenvalue weighted by Gasteiger charge is -2.26. The Labute approximate surface area is 134 Å². The Kier molecular flexibility index (Phi) is 6.61. The summed E-state index contributed by atoms with van der Waals surface area (Å²) in [5, 5.41) is 4.43. The largest absolute Gasteiger partial charge is 0.481 e. The summed E-state index contributed by atoms with van der Waals surface area (Å²) >= 11 is 1.42. The summed E-state index contributed by atoms with van der Waals surface area (Å²) in [5.74, 6) is 0.648. The molecule has 0 fully saturated rings. The van der Waals surface area contributed by atoms with E-state index in [0.717, 1.165) is 0 Å². The van der Waals surface area contributed by atoms with Gasteiger partial charge in [0, 0.05) is 13.1 Å². The summed E-state index contributed by atoms with van der Waals surface area (Å²) in [5.41, 5.74) is 2.30. The van der Waals surface area contributed by atoms with Crippen LogP contribution in [0.3, 0.4) is 0 Å². The third-order valence-electron chi connectivity index (χ3n) is 2.59. The zero-order chi connectivity index (χ0) is 16.8. The number of ether oxygens (including phenoxy) is 2. The molecule has 7 nitrogen and oxygen atoms in total. The Bertz CT molecular complexity index is 521. The van der Waals surface area contributed by atoms with E-state index in [1.165, 1.54) is 32.9 Å². The average molecular weight is 326 g/mol. The quantitative estimate of drug-likeness (QED) is 0.373. The molecule has 1 aromatic heterocycles. The molecule has 22 heavy (non-hydrogen) atoms. The van der Waals surface area contributed by atoms with Gasteiger partial charge in [0.1, 0.15) is 0 Å². The predicted molar refractivity (Wildman–Crippen MR) is 86.5 cm³/mol. The van der Waals surface area contributed by atoms with E-state index in [9.17, 15) is 4.79 Å². The Hall–Kier alpha value is -1.83. The van der Waals surface area contributed by atoms with Crippen molar-refractivity contribution in [3.05, 3.63) is 6.07 Å². The molecule has 8 heteroatoms. The molecule has 1 aromatic rings. The van der Waals surface area contributed by atoms with Gasteiger partial charge in [0.15, 0.2) is 5.16 Å². The minimum absolute atomic E-state index is 0.0452. The number of aromatic nitrogens is 2. The highest BCUT2D eigenvalue weighted by Crippen LogP contribution is 2.34. The van der Waals surface area contributed by atoms with Gasteiger partial charge in [-0.1, -0.05) is 32.5 Å². The third-order valence-corrected chi connectivity index (χ3v) is 4.07. The molecular formula is C14H22N4O3S. The standard InChI is InChI=1S/C14H22N4O3S/c1-9(19)18-15-8-10(14(2,3)4)22-13-16-11(20-5)7-12(17-13)21-6/h7-8,10H,1-6H3,(H,18,19)/b15-8+. The number of nitrogens with zero attached hydrogens (tertiary/aromatic N) is 3. The average Bonchev–Trinajstić information content (AvgIpc) is 2.44. The van der Waals surface area contributed by atoms with E-state index in [2.05, 4.69) is 41.3 Å². The van der Waals surface area contributed by atoms with Gasteiger partial charge in [-0.05, 0) is 5.41 Å². The van der Waals surface area contributed by atoms with E-state index in [4.69, 9.17) is 9.47 Å². The summed E-state index contributed by atoms with van der Waals surface area (Å²) in [6.45, 7) is 7.62. The highest BCUT2D eigenvalue weighted by Gasteiger charge is 2.26. The molecule has 1 atom stereocenters. The molecule has 0 aliphatic heterocycles. The number of carbonyl (C=O) groups excluding carboxylic acids is 1. The second kappa shape index (κ2) is 7.98. The van der Waals surface area contributed by atoms with Crippen molar-refractivity contribution in [1.82, 2.24) is 15.4 Å². The van der Waals surface area contributed by atoms with Crippen LogP contribution in [0, 0.1) is 5.41 Å². The number of rotatable bonds is 6. The summed E-state index contributed by atoms with van der Waals surface area (Å²) in [6, 6.07) is 1.61. The lowest BCUT2D eigenvalue weighted by Crippen LogP contribution is -2.26. The van der Waals surface area contributed by atoms with Gasteiger partial charge in [-0.3, -0.25) is 4.79 Å². The van der Waals surface area contributed by atoms with Crippen LogP contribution >= 0.6 is 11.8 Å². The fourth-order valence-electron chi connectivity index (χ4n) is 1.39. The molecule has 1 N–H and O–H groups in total. The van der Waals surface area contributed by atoms with Crippen LogP contribution in [0.25, 0.3) is 0 Å². The summed E-state index contributed by atoms with van der Waals surface area (Å²) in [6.07, 6.45) is 1.68. The van der Waals surface area contributed by atoms with Crippen LogP contribution in [-0.2, 0) is 4.79 Å². The van der Waals surface area contributed by atoms with Crippen LogP contribution in [0.5, 0.6) is 11.8 Å². The molecule has 1 heterocycles. The topological polar surface area (TPSA) is 85.7 Å². The lowest BCUT2D eigenvalue weighted by atomic mass is 9.92. The molecule has 0 saturated heterocycles. The van der Waals surface area contributed by atoms with E-state index in [1.54, 1.807) is 12.3 Å². The molecule has 0 aliphatic rings. The molecule has 1 amide bonds. The second-order valence-electron chi connectivity index (χ2n) is 5.59. The minimum atomic E-state index is -0.215. The number of nitrogens with one attached hydrogen (secondary N) is 1. The highest BCUT2D eigenvalue weighted by molar-refractivity contribution is 8.00. The van der Waals surface area contributed by atoms with Gasteiger partial charge in [0.05, 0.1) is 25.5 Å². The van der Waals surface area contributed by atoms with Gasteiger partial charge in [0.2, 0.25) is 17.7 Å². The van der Waals surface area contributed by atoms with Gasteiger partial charge in [0.25, 0.3) is 0 Å². The maximum Gasteiger partial charge on any atom is 0.236 e. The van der Waals surface area contributed by atoms with Gasteiger partial charge >= 0.3 is 0 Å². The smallest absolute Gasteiger partial charge is 0.236 e. The minimum Gasteiger partial charge on any atom is -0.481 e. The number of thioether (sulfide) groups is 1. The Morgan fingerprint density at radius 3 is 2.27 bits per heavy atom. The van der Waals surface area contributed by atoms with Crippen molar-refractivity contribution in [2.45, 2.75) is 38.1 Å². The normalized spacial score (nSPS) is 13.0. The van der Waals surface area contributed by atoms with Gasteiger partial charge in [-0.15, -0.1) is 0 Å². The van der Waals surface area contributed by atoms with Crippen LogP contribution in [0.1, 0.15) is 27.7 Å². The molecule has 0 saturated carbocycles. The van der Waals surface area contributed by atoms with Crippen molar-refractivity contribution in [3.63, 3.8) is 0 Å². The molecule has 0 aliphatic carbocycles. The first-order chi connectivity index (χ1) is 10.3. The number of hydrogen-bond donors (Lipinski definition) is 1. The summed E-state index contributed by atoms with van der Waals surface area (Å²) in [4.78, 5) is 19.5. The number of methoxy groups -OCH3 is 2. The fraction of sp³-hybridized carbons (Fsp3) is 0.571. The first-order valence-corrected chi connectivity index (χ1v) is 7.57. The highest BCUT2D eigenvalue weighted by atomic mass is 32.2. The Morgan fingerprint density at radius 2 is 1.86 bits per heavy atom. The SMILES string of the molecule is COc1cc(OC)nc(SC(/C=N/NC(C)=O)C(C)(C)C)n1. The van der Waals surface area contributed by atoms with Crippen molar-refractivity contribution < 1.29 is 14.3 Å². The fourth-order valence-corrected chi connectivity index (χ4v) is 2.37. The molecule has 1 rings (SSSR count). The van der Waals surface area contributed by atoms with E-state index in [0.29, 0.717) is 16.9 Å². The first kappa shape index (κ1) is 18.2. The van der Waals surface area contributed by atoms with Gasteiger partial charge in [-0.2, -0.15) is 15.1 Å². The Balaban J connectivity index is 2.98. The number of hydrazone groups is 1. The van der Waals surface area contributed by atoms with Crippen LogP contribution in [0.4, 0.5) is 0 Å². The molecule has 0 spiro atoms. The van der Waals surface area contributed by atoms with Crippen LogP contribution in [0.2, 0.25) is 0 Å². The van der Waals surface area contributed by atoms with Crippen LogP contribution < -0.4 is 14.9 Å². The molecular weight excluding hydrogens is 304 g/mol. The number of hydrogen-bond acceptors (Lipinski definition) is 7. The van der Waals surface area contributed by atoms with Gasteiger partial charge in [-0.25, -0.2) is 5.43 Å². The maximum absolute atomic E-state index is 10.9. The van der Waals surface area contributed by atoms with Crippen molar-refractivity contribution in [2.24, 2.45) is 10.5 Å². The Morgan fingerprint density at radius 1 is 1.32 bits per heavy atom. The van der Waals surface area contributed by atoms with E-state index < -0.39 is 0 Å². The van der Waals surface area contributed by atoms with Crippen LogP contribution in [-0.4, -0.2) is 41.6 Å². The third kappa shape index (κ3) is 5.88. The van der Waals surface area contributed by atoms with E-state index >= 15 is 0 Å². The predicted octanol–water partition coefficient (Wildman–Crippen LogP) is 2.12. The van der Waals surface area contributed by atoms with Crippen molar-refractivity contribution in [1.29, 1.82) is 0 Å². The van der Waals surface area contributed by atoms with E-state index in [-0.39, 0.29) is 16.6 Å². The molecule has 0 radical (unpaired) electrons. The lowest BCUT2D eigenvalue weighted by molar-refractivity contribution is -0.118. The van der Waals surface area contributed by atoms with Crippen molar-refractivity contribution in [3.8, 4) is 11.8 Å². The van der Waals surface area contributed by atoms with Crippen molar-refractivity contribution in [2.75, 3.05) is 14.2 Å². The van der Waals surface area contributed by atoms with Gasteiger partial charge < -0.3 is 9.47 Å². The first-order valence-electron chi connectivity index (χ1n) is 6.69. The van der Waals surface area contributed by atoms with E-state index in [1.807, 2.05) is 0 Å². The zero-order valence-corrected chi connectivity index (χ0v) is 14.5. The van der Waals surface area contributed by atoms with Crippen LogP contribution in [0.15, 0.2) is 16.3 Å². The molecule has 0 aromatic carbocycles.